The van der Waals surface area contributed by atoms with Crippen LogP contribution in [0.25, 0.3) is 0 Å². The highest BCUT2D eigenvalue weighted by molar-refractivity contribution is 5.04. The first-order valence-electron chi connectivity index (χ1n) is 4.35. The Balaban J connectivity index is 2.92. The quantitative estimate of drug-likeness (QED) is 0.796. The first kappa shape index (κ1) is 12.0. The van der Waals surface area contributed by atoms with E-state index in [-0.39, 0.29) is 6.61 Å². The molecule has 7 heteroatoms. The number of nitrogens with two attached hydrogens (primary N) is 1. The van der Waals surface area contributed by atoms with Gasteiger partial charge < -0.3 is 10.8 Å². The zero-order valence-electron chi connectivity index (χ0n) is 8.07. The van der Waals surface area contributed by atoms with Crippen molar-refractivity contribution in [2.75, 3.05) is 6.61 Å². The second kappa shape index (κ2) is 4.19. The zero-order valence-corrected chi connectivity index (χ0v) is 8.07. The minimum absolute atomic E-state index is 0.351. The van der Waals surface area contributed by atoms with Crippen LogP contribution in [0.2, 0.25) is 0 Å². The molecule has 1 heterocycles. The molecule has 0 amide bonds. The van der Waals surface area contributed by atoms with E-state index in [9.17, 15) is 13.2 Å². The van der Waals surface area contributed by atoms with Gasteiger partial charge in [0.1, 0.15) is 0 Å². The molecular weight excluding hydrogens is 211 g/mol. The standard InChI is InChI=1S/C8H12F3N3O/c1-5(12)6(4-15)14-3-2-7(13-14)8(9,10)11/h2-3,5-6,15H,4,12H2,1H3. The van der Waals surface area contributed by atoms with Gasteiger partial charge in [-0.15, -0.1) is 0 Å². The molecule has 0 saturated heterocycles. The summed E-state index contributed by atoms with van der Waals surface area (Å²) in [5.41, 5.74) is 4.51. The van der Waals surface area contributed by atoms with Gasteiger partial charge in [-0.2, -0.15) is 18.3 Å². The fourth-order valence-electron chi connectivity index (χ4n) is 1.16. The molecule has 86 valence electrons. The Bertz CT molecular complexity index is 321. The summed E-state index contributed by atoms with van der Waals surface area (Å²) in [6, 6.07) is -0.262. The van der Waals surface area contributed by atoms with Crippen LogP contribution in [0.5, 0.6) is 0 Å². The van der Waals surface area contributed by atoms with Crippen LogP contribution in [0.4, 0.5) is 13.2 Å². The number of halogens is 3. The van der Waals surface area contributed by atoms with Crippen molar-refractivity contribution in [2.24, 2.45) is 5.73 Å². The fourth-order valence-corrected chi connectivity index (χ4v) is 1.16. The van der Waals surface area contributed by atoms with Crippen LogP contribution in [0.1, 0.15) is 18.7 Å². The van der Waals surface area contributed by atoms with Gasteiger partial charge in [0.05, 0.1) is 12.6 Å². The van der Waals surface area contributed by atoms with Crippen molar-refractivity contribution >= 4 is 0 Å². The van der Waals surface area contributed by atoms with Gasteiger partial charge in [-0.05, 0) is 13.0 Å². The molecular formula is C8H12F3N3O. The van der Waals surface area contributed by atoms with Crippen LogP contribution in [0.3, 0.4) is 0 Å². The lowest BCUT2D eigenvalue weighted by Gasteiger charge is -2.18. The molecule has 0 aliphatic rings. The van der Waals surface area contributed by atoms with Gasteiger partial charge >= 0.3 is 6.18 Å². The molecule has 2 unspecified atom stereocenters. The number of rotatable bonds is 3. The van der Waals surface area contributed by atoms with Gasteiger partial charge in [-0.1, -0.05) is 0 Å². The Hall–Kier alpha value is -1.08. The van der Waals surface area contributed by atoms with E-state index in [0.29, 0.717) is 0 Å². The van der Waals surface area contributed by atoms with E-state index in [2.05, 4.69) is 5.10 Å². The first-order valence-corrected chi connectivity index (χ1v) is 4.35. The molecule has 1 aromatic rings. The van der Waals surface area contributed by atoms with Crippen LogP contribution < -0.4 is 5.73 Å². The minimum atomic E-state index is -4.47. The summed E-state index contributed by atoms with van der Waals surface area (Å²) in [5.74, 6) is 0. The number of hydrogen-bond acceptors (Lipinski definition) is 3. The smallest absolute Gasteiger partial charge is 0.394 e. The lowest BCUT2D eigenvalue weighted by Crippen LogP contribution is -2.32. The first-order chi connectivity index (χ1) is 6.86. The number of aromatic nitrogens is 2. The van der Waals surface area contributed by atoms with Crippen LogP contribution in [-0.4, -0.2) is 27.5 Å². The lowest BCUT2D eigenvalue weighted by molar-refractivity contribution is -0.141. The number of aliphatic hydroxyl groups excluding tert-OH is 1. The van der Waals surface area contributed by atoms with E-state index in [1.54, 1.807) is 6.92 Å². The van der Waals surface area contributed by atoms with E-state index >= 15 is 0 Å². The summed E-state index contributed by atoms with van der Waals surface area (Å²) in [4.78, 5) is 0. The van der Waals surface area contributed by atoms with Crippen molar-refractivity contribution in [3.63, 3.8) is 0 Å². The summed E-state index contributed by atoms with van der Waals surface area (Å²) < 4.78 is 37.6. The highest BCUT2D eigenvalue weighted by Crippen LogP contribution is 2.27. The molecule has 0 radical (unpaired) electrons. The third-order valence-electron chi connectivity index (χ3n) is 2.03. The maximum Gasteiger partial charge on any atom is 0.435 e. The van der Waals surface area contributed by atoms with Crippen molar-refractivity contribution in [3.05, 3.63) is 18.0 Å². The number of alkyl halides is 3. The molecule has 0 bridgehead atoms. The SMILES string of the molecule is CC(N)C(CO)n1ccc(C(F)(F)F)n1. The monoisotopic (exact) mass is 223 g/mol. The van der Waals surface area contributed by atoms with Crippen LogP contribution >= 0.6 is 0 Å². The van der Waals surface area contributed by atoms with Gasteiger partial charge in [0.2, 0.25) is 0 Å². The number of aliphatic hydroxyl groups is 1. The molecule has 0 aliphatic carbocycles. The van der Waals surface area contributed by atoms with Gasteiger partial charge in [0.15, 0.2) is 5.69 Å². The van der Waals surface area contributed by atoms with Crippen molar-refractivity contribution in [3.8, 4) is 0 Å². The molecule has 0 saturated carbocycles. The van der Waals surface area contributed by atoms with E-state index in [4.69, 9.17) is 10.8 Å². The topological polar surface area (TPSA) is 64.1 Å². The van der Waals surface area contributed by atoms with Crippen LogP contribution in [0.15, 0.2) is 12.3 Å². The second-order valence-electron chi connectivity index (χ2n) is 3.29. The summed E-state index contributed by atoms with van der Waals surface area (Å²) in [5, 5.41) is 12.3. The highest BCUT2D eigenvalue weighted by atomic mass is 19.4. The number of nitrogens with zero attached hydrogens (tertiary/aromatic N) is 2. The molecule has 15 heavy (non-hydrogen) atoms. The Kier molecular flexibility index (Phi) is 3.35. The molecule has 3 N–H and O–H groups in total. The Morgan fingerprint density at radius 3 is 2.53 bits per heavy atom. The van der Waals surface area contributed by atoms with Crippen molar-refractivity contribution in [1.82, 2.24) is 9.78 Å². The lowest BCUT2D eigenvalue weighted by atomic mass is 10.2. The molecule has 0 fully saturated rings. The molecule has 0 aromatic carbocycles. The Morgan fingerprint density at radius 1 is 1.60 bits per heavy atom. The predicted molar refractivity (Wildman–Crippen MR) is 47.0 cm³/mol. The molecule has 2 atom stereocenters. The Morgan fingerprint density at radius 2 is 2.20 bits per heavy atom. The van der Waals surface area contributed by atoms with Gasteiger partial charge in [0, 0.05) is 12.2 Å². The van der Waals surface area contributed by atoms with Crippen molar-refractivity contribution < 1.29 is 18.3 Å². The summed E-state index contributed by atoms with van der Waals surface area (Å²) in [6.07, 6.45) is -3.31. The van der Waals surface area contributed by atoms with E-state index in [0.717, 1.165) is 16.9 Å². The number of hydrogen-bond donors (Lipinski definition) is 2. The predicted octanol–water partition coefficient (Wildman–Crippen LogP) is 0.782. The third kappa shape index (κ3) is 2.69. The second-order valence-corrected chi connectivity index (χ2v) is 3.29. The van der Waals surface area contributed by atoms with Gasteiger partial charge in [-0.3, -0.25) is 4.68 Å². The minimum Gasteiger partial charge on any atom is -0.394 e. The summed E-state index contributed by atoms with van der Waals surface area (Å²) in [6.45, 7) is 1.24. The third-order valence-corrected chi connectivity index (χ3v) is 2.03. The molecule has 0 spiro atoms. The largest absolute Gasteiger partial charge is 0.435 e. The van der Waals surface area contributed by atoms with Gasteiger partial charge in [-0.25, -0.2) is 0 Å². The zero-order chi connectivity index (χ0) is 11.6. The molecule has 4 nitrogen and oxygen atoms in total. The maximum absolute atomic E-state index is 12.2. The van der Waals surface area contributed by atoms with Crippen molar-refractivity contribution in [1.29, 1.82) is 0 Å². The fraction of sp³-hybridized carbons (Fsp3) is 0.625. The van der Waals surface area contributed by atoms with Crippen LogP contribution in [-0.2, 0) is 6.18 Å². The average Bonchev–Trinajstić information content (AvgIpc) is 2.52. The molecule has 1 rings (SSSR count). The Labute approximate surface area is 84.5 Å². The van der Waals surface area contributed by atoms with E-state index in [1.807, 2.05) is 0 Å². The van der Waals surface area contributed by atoms with E-state index in [1.165, 1.54) is 0 Å². The van der Waals surface area contributed by atoms with Crippen LogP contribution in [0, 0.1) is 0 Å². The maximum atomic E-state index is 12.2. The van der Waals surface area contributed by atoms with Gasteiger partial charge in [0.25, 0.3) is 0 Å². The van der Waals surface area contributed by atoms with Crippen molar-refractivity contribution in [2.45, 2.75) is 25.2 Å². The summed E-state index contributed by atoms with van der Waals surface area (Å²) >= 11 is 0. The summed E-state index contributed by atoms with van der Waals surface area (Å²) in [7, 11) is 0. The van der Waals surface area contributed by atoms with E-state index < -0.39 is 24.0 Å². The molecule has 0 aliphatic heterocycles. The highest BCUT2D eigenvalue weighted by Gasteiger charge is 2.34. The molecule has 1 aromatic heterocycles. The normalized spacial score (nSPS) is 16.4. The average molecular weight is 223 g/mol.